The Balaban J connectivity index is 2.41. The maximum absolute atomic E-state index is 5.60. The highest BCUT2D eigenvalue weighted by atomic mass is 16.6. The van der Waals surface area contributed by atoms with Crippen LogP contribution >= 0.6 is 0 Å². The summed E-state index contributed by atoms with van der Waals surface area (Å²) in [6, 6.07) is 5.63. The second-order valence-corrected chi connectivity index (χ2v) is 3.03. The summed E-state index contributed by atoms with van der Waals surface area (Å²) in [5.41, 5.74) is 0. The van der Waals surface area contributed by atoms with Gasteiger partial charge < -0.3 is 14.2 Å². The fourth-order valence-electron chi connectivity index (χ4n) is 1.33. The van der Waals surface area contributed by atoms with E-state index in [2.05, 4.69) is 0 Å². The van der Waals surface area contributed by atoms with Crippen molar-refractivity contribution in [3.05, 3.63) is 18.2 Å². The van der Waals surface area contributed by atoms with Crippen LogP contribution in [0, 0.1) is 0 Å². The average molecular weight is 180 g/mol. The molecule has 2 rings (SSSR count). The number of benzene rings is 1. The Kier molecular flexibility index (Phi) is 2.00. The molecule has 13 heavy (non-hydrogen) atoms. The van der Waals surface area contributed by atoms with Gasteiger partial charge >= 0.3 is 0 Å². The molecule has 0 spiro atoms. The quantitative estimate of drug-likeness (QED) is 0.660. The first-order valence-electron chi connectivity index (χ1n) is 4.27. The van der Waals surface area contributed by atoms with E-state index in [-0.39, 0.29) is 6.10 Å². The van der Waals surface area contributed by atoms with E-state index in [0.29, 0.717) is 12.4 Å². The molecule has 0 aliphatic carbocycles. The molecule has 0 fully saturated rings. The summed E-state index contributed by atoms with van der Waals surface area (Å²) in [5, 5.41) is 0. The van der Waals surface area contributed by atoms with Crippen molar-refractivity contribution >= 4 is 0 Å². The van der Waals surface area contributed by atoms with Crippen molar-refractivity contribution in [2.45, 2.75) is 13.0 Å². The van der Waals surface area contributed by atoms with Gasteiger partial charge in [0.25, 0.3) is 0 Å². The van der Waals surface area contributed by atoms with Crippen LogP contribution in [0.5, 0.6) is 17.2 Å². The number of rotatable bonds is 1. The summed E-state index contributed by atoms with van der Waals surface area (Å²) in [7, 11) is 1.62. The number of ether oxygens (including phenoxy) is 3. The molecule has 0 radical (unpaired) electrons. The van der Waals surface area contributed by atoms with Crippen LogP contribution in [0.3, 0.4) is 0 Å². The van der Waals surface area contributed by atoms with Gasteiger partial charge in [-0.1, -0.05) is 6.07 Å². The van der Waals surface area contributed by atoms with Crippen molar-refractivity contribution in [3.8, 4) is 17.2 Å². The van der Waals surface area contributed by atoms with Gasteiger partial charge in [0.1, 0.15) is 12.7 Å². The molecule has 70 valence electrons. The Labute approximate surface area is 77.2 Å². The molecule has 0 N–H and O–H groups in total. The van der Waals surface area contributed by atoms with Gasteiger partial charge in [-0.2, -0.15) is 0 Å². The van der Waals surface area contributed by atoms with Crippen LogP contribution in [0.15, 0.2) is 18.2 Å². The van der Waals surface area contributed by atoms with E-state index < -0.39 is 0 Å². The number of para-hydroxylation sites is 1. The summed E-state index contributed by atoms with van der Waals surface area (Å²) < 4.78 is 16.2. The Hall–Kier alpha value is -1.38. The second-order valence-electron chi connectivity index (χ2n) is 3.03. The third kappa shape index (κ3) is 1.41. The molecular weight excluding hydrogens is 168 g/mol. The molecule has 0 saturated heterocycles. The normalized spacial score (nSPS) is 19.7. The molecule has 1 atom stereocenters. The summed E-state index contributed by atoms with van der Waals surface area (Å²) in [4.78, 5) is 0. The predicted molar refractivity (Wildman–Crippen MR) is 48.6 cm³/mol. The minimum atomic E-state index is 0.0869. The predicted octanol–water partition coefficient (Wildman–Crippen LogP) is 1.85. The van der Waals surface area contributed by atoms with E-state index in [1.807, 2.05) is 25.1 Å². The van der Waals surface area contributed by atoms with E-state index in [4.69, 9.17) is 14.2 Å². The van der Waals surface area contributed by atoms with Crippen LogP contribution in [0.2, 0.25) is 0 Å². The van der Waals surface area contributed by atoms with Gasteiger partial charge in [0.15, 0.2) is 11.5 Å². The third-order valence-electron chi connectivity index (χ3n) is 1.96. The zero-order valence-corrected chi connectivity index (χ0v) is 7.74. The van der Waals surface area contributed by atoms with Crippen molar-refractivity contribution in [2.75, 3.05) is 13.7 Å². The molecule has 0 amide bonds. The van der Waals surface area contributed by atoms with Crippen LogP contribution in [0.4, 0.5) is 0 Å². The van der Waals surface area contributed by atoms with Crippen molar-refractivity contribution in [1.82, 2.24) is 0 Å². The molecule has 1 unspecified atom stereocenters. The topological polar surface area (TPSA) is 27.7 Å². The second kappa shape index (κ2) is 3.17. The van der Waals surface area contributed by atoms with Gasteiger partial charge in [0.2, 0.25) is 5.75 Å². The van der Waals surface area contributed by atoms with Crippen LogP contribution in [0.25, 0.3) is 0 Å². The van der Waals surface area contributed by atoms with Crippen molar-refractivity contribution in [3.63, 3.8) is 0 Å². The molecule has 1 aromatic rings. The van der Waals surface area contributed by atoms with Crippen LogP contribution in [0.1, 0.15) is 6.92 Å². The highest BCUT2D eigenvalue weighted by Gasteiger charge is 2.20. The SMILES string of the molecule is COc1cccc2c1OC(C)CO2. The molecule has 0 bridgehead atoms. The van der Waals surface area contributed by atoms with Crippen LogP contribution in [-0.4, -0.2) is 19.8 Å². The first kappa shape index (κ1) is 8.23. The Bertz CT molecular complexity index is 295. The summed E-state index contributed by atoms with van der Waals surface area (Å²) in [5.74, 6) is 2.20. The number of methoxy groups -OCH3 is 1. The Morgan fingerprint density at radius 3 is 3.08 bits per heavy atom. The van der Waals surface area contributed by atoms with Gasteiger partial charge in [0.05, 0.1) is 7.11 Å². The van der Waals surface area contributed by atoms with E-state index in [0.717, 1.165) is 11.5 Å². The number of fused-ring (bicyclic) bond motifs is 1. The van der Waals surface area contributed by atoms with Gasteiger partial charge in [0, 0.05) is 0 Å². The first-order valence-corrected chi connectivity index (χ1v) is 4.27. The average Bonchev–Trinajstić information content (AvgIpc) is 2.17. The zero-order chi connectivity index (χ0) is 9.26. The lowest BCUT2D eigenvalue weighted by atomic mass is 10.2. The molecule has 1 aliphatic rings. The van der Waals surface area contributed by atoms with Gasteiger partial charge in [-0.05, 0) is 19.1 Å². The summed E-state index contributed by atoms with van der Waals surface area (Å²) >= 11 is 0. The maximum Gasteiger partial charge on any atom is 0.203 e. The number of hydrogen-bond donors (Lipinski definition) is 0. The minimum Gasteiger partial charge on any atom is -0.493 e. The standard InChI is InChI=1S/C10H12O3/c1-7-6-12-9-5-3-4-8(11-2)10(9)13-7/h3-5,7H,6H2,1-2H3. The fourth-order valence-corrected chi connectivity index (χ4v) is 1.33. The molecule has 1 heterocycles. The van der Waals surface area contributed by atoms with Crippen LogP contribution in [-0.2, 0) is 0 Å². The molecular formula is C10H12O3. The maximum atomic E-state index is 5.60. The van der Waals surface area contributed by atoms with Crippen molar-refractivity contribution in [2.24, 2.45) is 0 Å². The molecule has 0 aromatic heterocycles. The van der Waals surface area contributed by atoms with Crippen LogP contribution < -0.4 is 14.2 Å². The molecule has 3 heteroatoms. The largest absolute Gasteiger partial charge is 0.493 e. The van der Waals surface area contributed by atoms with E-state index in [1.165, 1.54) is 0 Å². The van der Waals surface area contributed by atoms with Crippen molar-refractivity contribution < 1.29 is 14.2 Å². The first-order chi connectivity index (χ1) is 6.31. The summed E-state index contributed by atoms with van der Waals surface area (Å²) in [6.45, 7) is 2.57. The Morgan fingerprint density at radius 1 is 1.46 bits per heavy atom. The smallest absolute Gasteiger partial charge is 0.203 e. The molecule has 3 nitrogen and oxygen atoms in total. The minimum absolute atomic E-state index is 0.0869. The summed E-state index contributed by atoms with van der Waals surface area (Å²) in [6.07, 6.45) is 0.0869. The molecule has 0 saturated carbocycles. The van der Waals surface area contributed by atoms with Gasteiger partial charge in [-0.15, -0.1) is 0 Å². The van der Waals surface area contributed by atoms with E-state index in [9.17, 15) is 0 Å². The monoisotopic (exact) mass is 180 g/mol. The lowest BCUT2D eigenvalue weighted by Crippen LogP contribution is -2.25. The third-order valence-corrected chi connectivity index (χ3v) is 1.96. The van der Waals surface area contributed by atoms with Gasteiger partial charge in [-0.25, -0.2) is 0 Å². The lowest BCUT2D eigenvalue weighted by molar-refractivity contribution is 0.0996. The fraction of sp³-hybridized carbons (Fsp3) is 0.400. The molecule has 1 aliphatic heterocycles. The van der Waals surface area contributed by atoms with Gasteiger partial charge in [-0.3, -0.25) is 0 Å². The highest BCUT2D eigenvalue weighted by Crippen LogP contribution is 2.39. The highest BCUT2D eigenvalue weighted by molar-refractivity contribution is 5.51. The molecule has 1 aromatic carbocycles. The van der Waals surface area contributed by atoms with E-state index in [1.54, 1.807) is 7.11 Å². The lowest BCUT2D eigenvalue weighted by Gasteiger charge is -2.24. The number of hydrogen-bond acceptors (Lipinski definition) is 3. The van der Waals surface area contributed by atoms with Crippen molar-refractivity contribution in [1.29, 1.82) is 0 Å². The zero-order valence-electron chi connectivity index (χ0n) is 7.74. The Morgan fingerprint density at radius 2 is 2.31 bits per heavy atom. The van der Waals surface area contributed by atoms with E-state index >= 15 is 0 Å².